The Kier molecular flexibility index (Phi) is 9.79. The minimum atomic E-state index is 0. The lowest BCUT2D eigenvalue weighted by Gasteiger charge is -2.39. The number of guanidine groups is 1. The average molecular weight is 506 g/mol. The summed E-state index contributed by atoms with van der Waals surface area (Å²) in [6.45, 7) is 7.56. The number of aliphatic imine (C=N–C) groups is 1. The van der Waals surface area contributed by atoms with Crippen molar-refractivity contribution < 1.29 is 0 Å². The molecule has 0 amide bonds. The number of halogens is 1. The van der Waals surface area contributed by atoms with Gasteiger partial charge in [-0.2, -0.15) is 0 Å². The molecule has 3 rings (SSSR count). The molecule has 1 aliphatic carbocycles. The zero-order chi connectivity index (χ0) is 18.4. The summed E-state index contributed by atoms with van der Waals surface area (Å²) in [5.74, 6) is 0.944. The van der Waals surface area contributed by atoms with E-state index in [2.05, 4.69) is 39.4 Å². The van der Waals surface area contributed by atoms with Crippen LogP contribution in [0.3, 0.4) is 0 Å². The van der Waals surface area contributed by atoms with Crippen molar-refractivity contribution in [3.63, 3.8) is 0 Å². The Hall–Kier alpha value is -0.410. The van der Waals surface area contributed by atoms with E-state index in [0.717, 1.165) is 30.0 Å². The van der Waals surface area contributed by atoms with Gasteiger partial charge >= 0.3 is 0 Å². The van der Waals surface area contributed by atoms with Gasteiger partial charge in [0.1, 0.15) is 0 Å². The van der Waals surface area contributed by atoms with Gasteiger partial charge in [-0.25, -0.2) is 4.98 Å². The molecule has 0 aromatic carbocycles. The molecule has 2 N–H and O–H groups in total. The SMILES string of the molecule is CN=C(NCCc1sc(C)nc1C)NC1CCN(C2CCCCC2)CC1.I. The smallest absolute Gasteiger partial charge is 0.191 e. The molecular formula is C20H36IN5S. The molecule has 0 radical (unpaired) electrons. The van der Waals surface area contributed by atoms with Crippen LogP contribution in [0.1, 0.15) is 60.5 Å². The van der Waals surface area contributed by atoms with Gasteiger partial charge in [0.05, 0.1) is 10.7 Å². The second-order valence-electron chi connectivity index (χ2n) is 7.74. The minimum Gasteiger partial charge on any atom is -0.356 e. The van der Waals surface area contributed by atoms with Crippen LogP contribution in [0, 0.1) is 13.8 Å². The zero-order valence-electron chi connectivity index (χ0n) is 17.1. The first-order chi connectivity index (χ1) is 12.7. The van der Waals surface area contributed by atoms with E-state index in [1.54, 1.807) is 11.3 Å². The molecule has 0 atom stereocenters. The lowest BCUT2D eigenvalue weighted by Crippen LogP contribution is -2.51. The number of rotatable bonds is 5. The molecule has 0 bridgehead atoms. The summed E-state index contributed by atoms with van der Waals surface area (Å²) in [5.41, 5.74) is 1.17. The molecule has 0 spiro atoms. The molecule has 5 nitrogen and oxygen atoms in total. The number of hydrogen-bond acceptors (Lipinski definition) is 4. The third kappa shape index (κ3) is 6.85. The largest absolute Gasteiger partial charge is 0.356 e. The van der Waals surface area contributed by atoms with E-state index >= 15 is 0 Å². The number of piperidine rings is 1. The van der Waals surface area contributed by atoms with Crippen molar-refractivity contribution in [2.45, 2.75) is 77.3 Å². The molecule has 0 unspecified atom stereocenters. The van der Waals surface area contributed by atoms with Crippen LogP contribution >= 0.6 is 35.3 Å². The van der Waals surface area contributed by atoms with Crippen molar-refractivity contribution in [2.24, 2.45) is 4.99 Å². The number of aryl methyl sites for hydroxylation is 2. The molecule has 1 aromatic rings. The second-order valence-corrected chi connectivity index (χ2v) is 9.02. The fraction of sp³-hybridized carbons (Fsp3) is 0.800. The zero-order valence-corrected chi connectivity index (χ0v) is 20.2. The van der Waals surface area contributed by atoms with Gasteiger partial charge in [-0.1, -0.05) is 19.3 Å². The van der Waals surface area contributed by atoms with Crippen molar-refractivity contribution in [1.29, 1.82) is 0 Å². The molecule has 1 saturated heterocycles. The minimum absolute atomic E-state index is 0. The summed E-state index contributed by atoms with van der Waals surface area (Å²) in [7, 11) is 1.87. The number of hydrogen-bond donors (Lipinski definition) is 2. The maximum Gasteiger partial charge on any atom is 0.191 e. The van der Waals surface area contributed by atoms with Crippen molar-refractivity contribution in [3.05, 3.63) is 15.6 Å². The van der Waals surface area contributed by atoms with Crippen LogP contribution < -0.4 is 10.6 Å². The van der Waals surface area contributed by atoms with Crippen LogP contribution in [0.5, 0.6) is 0 Å². The van der Waals surface area contributed by atoms with Crippen molar-refractivity contribution in [3.8, 4) is 0 Å². The predicted molar refractivity (Wildman–Crippen MR) is 127 cm³/mol. The highest BCUT2D eigenvalue weighted by molar-refractivity contribution is 14.0. The highest BCUT2D eigenvalue weighted by Crippen LogP contribution is 2.25. The first-order valence-electron chi connectivity index (χ1n) is 10.3. The Labute approximate surface area is 185 Å². The maximum absolute atomic E-state index is 4.51. The first-order valence-corrected chi connectivity index (χ1v) is 11.1. The lowest BCUT2D eigenvalue weighted by atomic mass is 9.92. The molecule has 1 saturated carbocycles. The molecule has 2 fully saturated rings. The second kappa shape index (κ2) is 11.6. The van der Waals surface area contributed by atoms with Crippen LogP contribution in [0.25, 0.3) is 0 Å². The van der Waals surface area contributed by atoms with Crippen LogP contribution in [0.15, 0.2) is 4.99 Å². The molecule has 7 heteroatoms. The lowest BCUT2D eigenvalue weighted by molar-refractivity contribution is 0.119. The Bertz CT molecular complexity index is 589. The maximum atomic E-state index is 4.51. The van der Waals surface area contributed by atoms with E-state index in [1.165, 1.54) is 68.6 Å². The van der Waals surface area contributed by atoms with Crippen LogP contribution in [-0.2, 0) is 6.42 Å². The Morgan fingerprint density at radius 2 is 1.85 bits per heavy atom. The van der Waals surface area contributed by atoms with E-state index in [9.17, 15) is 0 Å². The standard InChI is InChI=1S/C20H35N5S.HI/c1-15-19(26-16(2)23-15)9-12-22-20(21-3)24-17-10-13-25(14-11-17)18-7-5-4-6-8-18;/h17-18H,4-14H2,1-3H3,(H2,21,22,24);1H. The van der Waals surface area contributed by atoms with E-state index in [-0.39, 0.29) is 24.0 Å². The monoisotopic (exact) mass is 505 g/mol. The van der Waals surface area contributed by atoms with Gasteiger partial charge in [0.15, 0.2) is 5.96 Å². The summed E-state index contributed by atoms with van der Waals surface area (Å²) in [6, 6.07) is 1.40. The summed E-state index contributed by atoms with van der Waals surface area (Å²) in [5, 5.41) is 8.27. The number of thiazole rings is 1. The third-order valence-electron chi connectivity index (χ3n) is 5.83. The number of aromatic nitrogens is 1. The number of nitrogens with zero attached hydrogens (tertiary/aromatic N) is 3. The summed E-state index contributed by atoms with van der Waals surface area (Å²) in [6.07, 6.45) is 10.6. The summed E-state index contributed by atoms with van der Waals surface area (Å²) >= 11 is 1.81. The molecule has 2 aliphatic rings. The molecule has 2 heterocycles. The third-order valence-corrected chi connectivity index (χ3v) is 6.96. The summed E-state index contributed by atoms with van der Waals surface area (Å²) in [4.78, 5) is 13.0. The highest BCUT2D eigenvalue weighted by Gasteiger charge is 2.26. The van der Waals surface area contributed by atoms with Crippen LogP contribution in [-0.4, -0.2) is 54.6 Å². The molecule has 27 heavy (non-hydrogen) atoms. The van der Waals surface area contributed by atoms with E-state index < -0.39 is 0 Å². The van der Waals surface area contributed by atoms with Crippen molar-refractivity contribution in [2.75, 3.05) is 26.7 Å². The van der Waals surface area contributed by atoms with Gasteiger partial charge < -0.3 is 15.5 Å². The molecule has 154 valence electrons. The number of nitrogens with one attached hydrogen (secondary N) is 2. The fourth-order valence-corrected chi connectivity index (χ4v) is 5.28. The van der Waals surface area contributed by atoms with Gasteiger partial charge in [-0.05, 0) is 39.5 Å². The first kappa shape index (κ1) is 22.9. The van der Waals surface area contributed by atoms with Crippen LogP contribution in [0.4, 0.5) is 0 Å². The Morgan fingerprint density at radius 3 is 2.44 bits per heavy atom. The van der Waals surface area contributed by atoms with E-state index in [1.807, 2.05) is 7.05 Å². The molecule has 1 aliphatic heterocycles. The van der Waals surface area contributed by atoms with Crippen molar-refractivity contribution in [1.82, 2.24) is 20.5 Å². The molecule has 1 aromatic heterocycles. The highest BCUT2D eigenvalue weighted by atomic mass is 127. The number of likely N-dealkylation sites (tertiary alicyclic amines) is 1. The van der Waals surface area contributed by atoms with Gasteiger partial charge in [0.2, 0.25) is 0 Å². The van der Waals surface area contributed by atoms with Crippen molar-refractivity contribution >= 4 is 41.3 Å². The topological polar surface area (TPSA) is 52.6 Å². The summed E-state index contributed by atoms with van der Waals surface area (Å²) < 4.78 is 0. The van der Waals surface area contributed by atoms with Gasteiger partial charge in [-0.3, -0.25) is 4.99 Å². The van der Waals surface area contributed by atoms with Gasteiger partial charge in [0.25, 0.3) is 0 Å². The predicted octanol–water partition coefficient (Wildman–Crippen LogP) is 3.88. The quantitative estimate of drug-likeness (QED) is 0.363. The van der Waals surface area contributed by atoms with E-state index in [0.29, 0.717) is 6.04 Å². The average Bonchev–Trinajstić information content (AvgIpc) is 2.99. The van der Waals surface area contributed by atoms with Crippen LogP contribution in [0.2, 0.25) is 0 Å². The van der Waals surface area contributed by atoms with Gasteiger partial charge in [-0.15, -0.1) is 35.3 Å². The molecular weight excluding hydrogens is 469 g/mol. The van der Waals surface area contributed by atoms with E-state index in [4.69, 9.17) is 0 Å². The fourth-order valence-electron chi connectivity index (χ4n) is 4.34. The van der Waals surface area contributed by atoms with Gasteiger partial charge in [0, 0.05) is 50.1 Å². The normalized spacial score (nSPS) is 20.3. The Balaban J connectivity index is 0.00000261. The Morgan fingerprint density at radius 1 is 1.15 bits per heavy atom.